The molecule has 0 aliphatic heterocycles. The Bertz CT molecular complexity index is 297. The average Bonchev–Trinajstić information content (AvgIpc) is 2.84. The molecule has 0 aromatic carbocycles. The fourth-order valence-electron chi connectivity index (χ4n) is 3.08. The number of rotatable bonds is 5. The molecule has 0 radical (unpaired) electrons. The van der Waals surface area contributed by atoms with E-state index in [0.29, 0.717) is 5.41 Å². The molecule has 1 aromatic heterocycles. The number of H-pyrrole nitrogens is 1. The first-order valence-corrected chi connectivity index (χ1v) is 6.43. The number of imidazole rings is 1. The molecule has 0 saturated heterocycles. The molecule has 90 valence electrons. The molecule has 1 aromatic rings. The molecule has 0 amide bonds. The Labute approximate surface area is 98.1 Å². The van der Waals surface area contributed by atoms with Gasteiger partial charge in [-0.2, -0.15) is 0 Å². The highest BCUT2D eigenvalue weighted by molar-refractivity contribution is 5.23. The highest BCUT2D eigenvalue weighted by Gasteiger charge is 2.34. The van der Waals surface area contributed by atoms with E-state index in [1.807, 2.05) is 6.20 Å². The van der Waals surface area contributed by atoms with Crippen molar-refractivity contribution < 1.29 is 0 Å². The number of nitrogens with zero attached hydrogens (tertiary/aromatic N) is 1. The van der Waals surface area contributed by atoms with Gasteiger partial charge in [0.15, 0.2) is 5.95 Å². The van der Waals surface area contributed by atoms with E-state index in [4.69, 9.17) is 0 Å². The van der Waals surface area contributed by atoms with Crippen LogP contribution in [0, 0.1) is 11.3 Å². The third-order valence-corrected chi connectivity index (χ3v) is 3.63. The Balaban J connectivity index is 1.92. The van der Waals surface area contributed by atoms with Crippen LogP contribution in [0.5, 0.6) is 0 Å². The summed E-state index contributed by atoms with van der Waals surface area (Å²) in [6, 6.07) is 0. The molecule has 0 spiro atoms. The zero-order valence-electron chi connectivity index (χ0n) is 10.4. The van der Waals surface area contributed by atoms with E-state index in [1.54, 1.807) is 6.20 Å². The predicted octanol–water partition coefficient (Wildman–Crippen LogP) is 3.43. The van der Waals surface area contributed by atoms with Crippen LogP contribution in [0.3, 0.4) is 0 Å². The molecule has 0 bridgehead atoms. The SMILES string of the molecule is CC(C)CC1(CNc2ncc[nH]2)CCCC1. The van der Waals surface area contributed by atoms with Gasteiger partial charge in [-0.3, -0.25) is 0 Å². The van der Waals surface area contributed by atoms with Gasteiger partial charge in [-0.1, -0.05) is 26.7 Å². The summed E-state index contributed by atoms with van der Waals surface area (Å²) in [6.07, 6.45) is 10.5. The van der Waals surface area contributed by atoms with E-state index < -0.39 is 0 Å². The normalized spacial score (nSPS) is 19.2. The lowest BCUT2D eigenvalue weighted by atomic mass is 9.78. The molecule has 1 aliphatic carbocycles. The topological polar surface area (TPSA) is 40.7 Å². The van der Waals surface area contributed by atoms with Crippen LogP contribution in [0.25, 0.3) is 0 Å². The summed E-state index contributed by atoms with van der Waals surface area (Å²) in [5.74, 6) is 1.70. The smallest absolute Gasteiger partial charge is 0.200 e. The highest BCUT2D eigenvalue weighted by atomic mass is 15.1. The van der Waals surface area contributed by atoms with Gasteiger partial charge in [0.05, 0.1) is 0 Å². The molecule has 2 rings (SSSR count). The predicted molar refractivity (Wildman–Crippen MR) is 67.4 cm³/mol. The quantitative estimate of drug-likeness (QED) is 0.799. The van der Waals surface area contributed by atoms with Crippen molar-refractivity contribution in [2.24, 2.45) is 11.3 Å². The average molecular weight is 221 g/mol. The molecule has 3 heteroatoms. The number of aromatic nitrogens is 2. The minimum Gasteiger partial charge on any atom is -0.355 e. The summed E-state index contributed by atoms with van der Waals surface area (Å²) in [7, 11) is 0. The molecule has 1 saturated carbocycles. The molecule has 16 heavy (non-hydrogen) atoms. The Morgan fingerprint density at radius 1 is 1.44 bits per heavy atom. The van der Waals surface area contributed by atoms with E-state index in [0.717, 1.165) is 18.4 Å². The second-order valence-corrected chi connectivity index (χ2v) is 5.60. The van der Waals surface area contributed by atoms with Crippen LogP contribution in [-0.2, 0) is 0 Å². The van der Waals surface area contributed by atoms with Gasteiger partial charge in [-0.15, -0.1) is 0 Å². The lowest BCUT2D eigenvalue weighted by Crippen LogP contribution is -2.28. The fourth-order valence-corrected chi connectivity index (χ4v) is 3.08. The maximum absolute atomic E-state index is 4.22. The van der Waals surface area contributed by atoms with Gasteiger partial charge in [0.2, 0.25) is 0 Å². The van der Waals surface area contributed by atoms with Crippen LogP contribution >= 0.6 is 0 Å². The van der Waals surface area contributed by atoms with Gasteiger partial charge >= 0.3 is 0 Å². The Morgan fingerprint density at radius 2 is 2.19 bits per heavy atom. The highest BCUT2D eigenvalue weighted by Crippen LogP contribution is 2.43. The van der Waals surface area contributed by atoms with Crippen molar-refractivity contribution in [1.82, 2.24) is 9.97 Å². The molecule has 1 aliphatic rings. The molecular formula is C13H23N3. The van der Waals surface area contributed by atoms with Crippen LogP contribution in [0.2, 0.25) is 0 Å². The van der Waals surface area contributed by atoms with Crippen molar-refractivity contribution in [1.29, 1.82) is 0 Å². The Kier molecular flexibility index (Phi) is 3.52. The van der Waals surface area contributed by atoms with Gasteiger partial charge in [0.1, 0.15) is 0 Å². The standard InChI is InChI=1S/C13H23N3/c1-11(2)9-13(5-3-4-6-13)10-16-12-14-7-8-15-12/h7-8,11H,3-6,9-10H2,1-2H3,(H2,14,15,16). The van der Waals surface area contributed by atoms with Crippen LogP contribution in [-0.4, -0.2) is 16.5 Å². The first-order chi connectivity index (χ1) is 7.70. The van der Waals surface area contributed by atoms with Crippen LogP contribution in [0.1, 0.15) is 46.0 Å². The Morgan fingerprint density at radius 3 is 2.75 bits per heavy atom. The van der Waals surface area contributed by atoms with Crippen LogP contribution < -0.4 is 5.32 Å². The van der Waals surface area contributed by atoms with E-state index in [2.05, 4.69) is 29.1 Å². The summed E-state index contributed by atoms with van der Waals surface area (Å²) in [5, 5.41) is 3.45. The second-order valence-electron chi connectivity index (χ2n) is 5.60. The molecule has 3 nitrogen and oxygen atoms in total. The zero-order chi connectivity index (χ0) is 11.4. The number of hydrogen-bond donors (Lipinski definition) is 2. The molecule has 0 unspecified atom stereocenters. The summed E-state index contributed by atoms with van der Waals surface area (Å²) < 4.78 is 0. The third-order valence-electron chi connectivity index (χ3n) is 3.63. The zero-order valence-corrected chi connectivity index (χ0v) is 10.4. The number of nitrogens with one attached hydrogen (secondary N) is 2. The minimum absolute atomic E-state index is 0.515. The lowest BCUT2D eigenvalue weighted by molar-refractivity contribution is 0.252. The Hall–Kier alpha value is -0.990. The monoisotopic (exact) mass is 221 g/mol. The summed E-state index contributed by atoms with van der Waals surface area (Å²) in [6.45, 7) is 5.72. The van der Waals surface area contributed by atoms with Crippen molar-refractivity contribution in [2.75, 3.05) is 11.9 Å². The summed E-state index contributed by atoms with van der Waals surface area (Å²) >= 11 is 0. The number of aromatic amines is 1. The van der Waals surface area contributed by atoms with Crippen molar-refractivity contribution in [3.8, 4) is 0 Å². The lowest BCUT2D eigenvalue weighted by Gasteiger charge is -2.31. The third kappa shape index (κ3) is 2.77. The van der Waals surface area contributed by atoms with E-state index in [-0.39, 0.29) is 0 Å². The molecule has 2 N–H and O–H groups in total. The number of anilines is 1. The molecule has 1 heterocycles. The van der Waals surface area contributed by atoms with Gasteiger partial charge in [0, 0.05) is 18.9 Å². The fraction of sp³-hybridized carbons (Fsp3) is 0.769. The minimum atomic E-state index is 0.515. The van der Waals surface area contributed by atoms with E-state index in [1.165, 1.54) is 32.1 Å². The van der Waals surface area contributed by atoms with Crippen LogP contribution in [0.4, 0.5) is 5.95 Å². The van der Waals surface area contributed by atoms with E-state index >= 15 is 0 Å². The van der Waals surface area contributed by atoms with Crippen molar-refractivity contribution in [2.45, 2.75) is 46.0 Å². The van der Waals surface area contributed by atoms with Crippen molar-refractivity contribution in [3.63, 3.8) is 0 Å². The van der Waals surface area contributed by atoms with Gasteiger partial charge in [-0.25, -0.2) is 4.98 Å². The number of hydrogen-bond acceptors (Lipinski definition) is 2. The summed E-state index contributed by atoms with van der Waals surface area (Å²) in [5.41, 5.74) is 0.515. The maximum Gasteiger partial charge on any atom is 0.200 e. The van der Waals surface area contributed by atoms with Crippen molar-refractivity contribution >= 4 is 5.95 Å². The van der Waals surface area contributed by atoms with Gasteiger partial charge in [-0.05, 0) is 30.6 Å². The second kappa shape index (κ2) is 4.89. The van der Waals surface area contributed by atoms with Gasteiger partial charge in [0.25, 0.3) is 0 Å². The van der Waals surface area contributed by atoms with Crippen LogP contribution in [0.15, 0.2) is 12.4 Å². The van der Waals surface area contributed by atoms with E-state index in [9.17, 15) is 0 Å². The first kappa shape index (κ1) is 11.5. The van der Waals surface area contributed by atoms with Gasteiger partial charge < -0.3 is 10.3 Å². The summed E-state index contributed by atoms with van der Waals surface area (Å²) in [4.78, 5) is 7.33. The molecule has 1 fully saturated rings. The largest absolute Gasteiger partial charge is 0.355 e. The molecule has 0 atom stereocenters. The first-order valence-electron chi connectivity index (χ1n) is 6.43. The maximum atomic E-state index is 4.22. The van der Waals surface area contributed by atoms with Crippen molar-refractivity contribution in [3.05, 3.63) is 12.4 Å². The molecular weight excluding hydrogens is 198 g/mol.